The van der Waals surface area contributed by atoms with Crippen LogP contribution in [-0.4, -0.2) is 37.2 Å². The minimum absolute atomic E-state index is 0.0713. The van der Waals surface area contributed by atoms with E-state index in [1.165, 1.54) is 186 Å². The van der Waals surface area contributed by atoms with Crippen molar-refractivity contribution in [2.45, 2.75) is 316 Å². The van der Waals surface area contributed by atoms with E-state index >= 15 is 0 Å². The highest BCUT2D eigenvalue weighted by Crippen LogP contribution is 2.17. The lowest BCUT2D eigenvalue weighted by Gasteiger charge is -2.18. The van der Waals surface area contributed by atoms with Gasteiger partial charge in [-0.15, -0.1) is 0 Å². The third kappa shape index (κ3) is 52.6. The minimum Gasteiger partial charge on any atom is -0.462 e. The zero-order valence-electron chi connectivity index (χ0n) is 44.2. The molecule has 386 valence electrons. The van der Waals surface area contributed by atoms with Gasteiger partial charge < -0.3 is 14.2 Å². The molecule has 0 aromatic carbocycles. The maximum absolute atomic E-state index is 12.8. The van der Waals surface area contributed by atoms with Gasteiger partial charge in [0.1, 0.15) is 13.2 Å². The first kappa shape index (κ1) is 63.6. The molecule has 0 amide bonds. The molecule has 1 atom stereocenters. The van der Waals surface area contributed by atoms with E-state index in [1.54, 1.807) is 0 Å². The number of allylic oxidation sites excluding steroid dienone is 6. The van der Waals surface area contributed by atoms with Crippen LogP contribution in [0.15, 0.2) is 36.5 Å². The topological polar surface area (TPSA) is 78.9 Å². The van der Waals surface area contributed by atoms with E-state index in [9.17, 15) is 14.4 Å². The molecule has 0 heterocycles. The maximum atomic E-state index is 12.8. The van der Waals surface area contributed by atoms with Crippen LogP contribution >= 0.6 is 0 Å². The van der Waals surface area contributed by atoms with Crippen LogP contribution in [0.5, 0.6) is 0 Å². The number of esters is 3. The van der Waals surface area contributed by atoms with E-state index in [0.717, 1.165) is 83.5 Å². The van der Waals surface area contributed by atoms with Gasteiger partial charge in [-0.25, -0.2) is 0 Å². The first-order chi connectivity index (χ1) is 32.5. The average molecular weight is 928 g/mol. The van der Waals surface area contributed by atoms with Gasteiger partial charge in [-0.1, -0.05) is 276 Å². The molecule has 0 aliphatic rings. The molecule has 0 rings (SSSR count). The minimum atomic E-state index is -0.773. The zero-order valence-corrected chi connectivity index (χ0v) is 44.2. The summed E-state index contributed by atoms with van der Waals surface area (Å²) in [5.41, 5.74) is 0. The lowest BCUT2D eigenvalue weighted by molar-refractivity contribution is -0.167. The molecule has 0 bridgehead atoms. The molecule has 0 spiro atoms. The number of carbonyl (C=O) groups is 3. The molecule has 0 aromatic rings. The van der Waals surface area contributed by atoms with Gasteiger partial charge in [-0.05, 0) is 51.4 Å². The van der Waals surface area contributed by atoms with Crippen LogP contribution < -0.4 is 0 Å². The summed E-state index contributed by atoms with van der Waals surface area (Å²) in [4.78, 5) is 38.1. The molecule has 0 aromatic heterocycles. The quantitative estimate of drug-likeness (QED) is 0.0262. The molecule has 0 aliphatic heterocycles. The highest BCUT2D eigenvalue weighted by Gasteiger charge is 2.19. The molecule has 0 N–H and O–H groups in total. The molecule has 0 saturated carbocycles. The van der Waals surface area contributed by atoms with Crippen molar-refractivity contribution in [3.8, 4) is 0 Å². The second-order valence-corrected chi connectivity index (χ2v) is 19.5. The summed E-state index contributed by atoms with van der Waals surface area (Å²) in [5.74, 6) is -0.861. The summed E-state index contributed by atoms with van der Waals surface area (Å²) in [6.07, 6.45) is 65.6. The Morgan fingerprint density at radius 3 is 0.924 bits per heavy atom. The molecular formula is C60H110O6. The Morgan fingerprint density at radius 2 is 0.591 bits per heavy atom. The van der Waals surface area contributed by atoms with Crippen LogP contribution in [-0.2, 0) is 28.6 Å². The van der Waals surface area contributed by atoms with Gasteiger partial charge >= 0.3 is 17.9 Å². The number of rotatable bonds is 53. The van der Waals surface area contributed by atoms with Crippen molar-refractivity contribution in [1.82, 2.24) is 0 Å². The van der Waals surface area contributed by atoms with Crippen molar-refractivity contribution in [2.24, 2.45) is 0 Å². The van der Waals surface area contributed by atoms with Gasteiger partial charge in [0.2, 0.25) is 0 Å². The molecule has 0 saturated heterocycles. The predicted molar refractivity (Wildman–Crippen MR) is 284 cm³/mol. The second-order valence-electron chi connectivity index (χ2n) is 19.5. The first-order valence-corrected chi connectivity index (χ1v) is 29.0. The van der Waals surface area contributed by atoms with Crippen molar-refractivity contribution < 1.29 is 28.6 Å². The normalized spacial score (nSPS) is 12.2. The monoisotopic (exact) mass is 927 g/mol. The van der Waals surface area contributed by atoms with Gasteiger partial charge in [0.05, 0.1) is 0 Å². The largest absolute Gasteiger partial charge is 0.462 e. The van der Waals surface area contributed by atoms with Crippen LogP contribution in [0.3, 0.4) is 0 Å². The van der Waals surface area contributed by atoms with E-state index in [0.29, 0.717) is 19.3 Å². The number of hydrogen-bond acceptors (Lipinski definition) is 6. The first-order valence-electron chi connectivity index (χ1n) is 29.0. The molecule has 0 radical (unpaired) electrons. The van der Waals surface area contributed by atoms with Gasteiger partial charge in [0.25, 0.3) is 0 Å². The van der Waals surface area contributed by atoms with E-state index < -0.39 is 6.10 Å². The van der Waals surface area contributed by atoms with E-state index in [2.05, 4.69) is 57.2 Å². The van der Waals surface area contributed by atoms with Gasteiger partial charge in [-0.2, -0.15) is 0 Å². The summed E-state index contributed by atoms with van der Waals surface area (Å²) in [5, 5.41) is 0. The molecule has 66 heavy (non-hydrogen) atoms. The molecule has 6 heteroatoms. The highest BCUT2D eigenvalue weighted by molar-refractivity contribution is 5.71. The third-order valence-electron chi connectivity index (χ3n) is 12.9. The van der Waals surface area contributed by atoms with E-state index in [1.807, 2.05) is 0 Å². The van der Waals surface area contributed by atoms with Crippen LogP contribution in [0.1, 0.15) is 310 Å². The smallest absolute Gasteiger partial charge is 0.306 e. The fourth-order valence-electron chi connectivity index (χ4n) is 8.58. The summed E-state index contributed by atoms with van der Waals surface area (Å²) < 4.78 is 16.9. The van der Waals surface area contributed by atoms with E-state index in [4.69, 9.17) is 14.2 Å². The average Bonchev–Trinajstić information content (AvgIpc) is 3.31. The summed E-state index contributed by atoms with van der Waals surface area (Å²) in [6.45, 7) is 6.57. The highest BCUT2D eigenvalue weighted by atomic mass is 16.6. The Hall–Kier alpha value is -2.37. The fourth-order valence-corrected chi connectivity index (χ4v) is 8.58. The van der Waals surface area contributed by atoms with Gasteiger partial charge in [0.15, 0.2) is 6.10 Å². The Balaban J connectivity index is 4.33. The second kappa shape index (κ2) is 55.2. The number of carbonyl (C=O) groups excluding carboxylic acids is 3. The summed E-state index contributed by atoms with van der Waals surface area (Å²) in [6, 6.07) is 0. The molecule has 0 fully saturated rings. The Labute approximate surface area is 410 Å². The van der Waals surface area contributed by atoms with Crippen LogP contribution in [0, 0.1) is 0 Å². The molecule has 1 unspecified atom stereocenters. The Kier molecular flexibility index (Phi) is 53.2. The van der Waals surface area contributed by atoms with Crippen LogP contribution in [0.2, 0.25) is 0 Å². The third-order valence-corrected chi connectivity index (χ3v) is 12.9. The van der Waals surface area contributed by atoms with Crippen molar-refractivity contribution in [3.63, 3.8) is 0 Å². The summed E-state index contributed by atoms with van der Waals surface area (Å²) >= 11 is 0. The maximum Gasteiger partial charge on any atom is 0.306 e. The van der Waals surface area contributed by atoms with Crippen LogP contribution in [0.4, 0.5) is 0 Å². The summed E-state index contributed by atoms with van der Waals surface area (Å²) in [7, 11) is 0. The number of unbranched alkanes of at least 4 members (excludes halogenated alkanes) is 36. The van der Waals surface area contributed by atoms with Crippen molar-refractivity contribution >= 4 is 17.9 Å². The fraction of sp³-hybridized carbons (Fsp3) is 0.850. The lowest BCUT2D eigenvalue weighted by atomic mass is 10.0. The Morgan fingerprint density at radius 1 is 0.318 bits per heavy atom. The SMILES string of the molecule is CC/C=C\C/C=C\C/C=C\CCCCCCCCCC(=O)OC(COC(=O)CCCCCCCCCCCCCCC)COC(=O)CCCCCCCCCCCCCCCCCCCC. The Bertz CT molecular complexity index is 1110. The number of hydrogen-bond donors (Lipinski definition) is 0. The van der Waals surface area contributed by atoms with Gasteiger partial charge in [-0.3, -0.25) is 14.4 Å². The predicted octanol–water partition coefficient (Wildman–Crippen LogP) is 19.3. The molecule has 6 nitrogen and oxygen atoms in total. The standard InChI is InChI=1S/C60H110O6/c1-4-7-10-13-16-19-22-25-27-29-31-32-35-38-41-44-47-50-53-59(62)65-56-57(55-64-58(61)52-49-46-43-40-37-34-24-21-18-15-12-9-6-3)66-60(63)54-51-48-45-42-39-36-33-30-28-26-23-20-17-14-11-8-5-2/h8,11,17,20,26,28,57H,4-7,9-10,12-16,18-19,21-25,27,29-56H2,1-3H3/b11-8-,20-17-,28-26-. The molecular weight excluding hydrogens is 817 g/mol. The van der Waals surface area contributed by atoms with Gasteiger partial charge in [0, 0.05) is 19.3 Å². The van der Waals surface area contributed by atoms with Crippen molar-refractivity contribution in [1.29, 1.82) is 0 Å². The van der Waals surface area contributed by atoms with E-state index in [-0.39, 0.29) is 31.1 Å². The lowest BCUT2D eigenvalue weighted by Crippen LogP contribution is -2.30. The van der Waals surface area contributed by atoms with Crippen molar-refractivity contribution in [2.75, 3.05) is 13.2 Å². The number of ether oxygens (including phenoxy) is 3. The van der Waals surface area contributed by atoms with Crippen molar-refractivity contribution in [3.05, 3.63) is 36.5 Å². The zero-order chi connectivity index (χ0) is 47.9. The van der Waals surface area contributed by atoms with Crippen LogP contribution in [0.25, 0.3) is 0 Å². The molecule has 0 aliphatic carbocycles.